The third kappa shape index (κ3) is 19.1. The molecule has 0 unspecified atom stereocenters. The minimum atomic E-state index is 0.403. The standard InChI is InChI=1S/C28H56/c1-7-9-19-23-27(3,4)25-21-17-15-13-11-12-14-16-18-22-26-28(5,6)24-20-10-8-2/h21,25H,7-20,22-24,26H2,1-6H3. The number of allylic oxidation sites excluding steroid dienone is 2. The van der Waals surface area contributed by atoms with Gasteiger partial charge in [-0.3, -0.25) is 0 Å². The second-order valence-electron chi connectivity index (χ2n) is 10.8. The molecule has 0 aliphatic carbocycles. The van der Waals surface area contributed by atoms with Gasteiger partial charge in [-0.05, 0) is 42.9 Å². The van der Waals surface area contributed by atoms with Crippen LogP contribution in [0.15, 0.2) is 12.2 Å². The Balaban J connectivity index is 3.47. The summed E-state index contributed by atoms with van der Waals surface area (Å²) < 4.78 is 0. The van der Waals surface area contributed by atoms with Gasteiger partial charge in [0, 0.05) is 0 Å². The smallest absolute Gasteiger partial charge is 0.0175 e. The number of hydrogen-bond donors (Lipinski definition) is 0. The lowest BCUT2D eigenvalue weighted by atomic mass is 9.82. The van der Waals surface area contributed by atoms with Crippen molar-refractivity contribution in [3.8, 4) is 0 Å². The first-order valence-corrected chi connectivity index (χ1v) is 13.0. The largest absolute Gasteiger partial charge is 0.0880 e. The summed E-state index contributed by atoms with van der Waals surface area (Å²) in [7, 11) is 0. The molecule has 0 bridgehead atoms. The van der Waals surface area contributed by atoms with E-state index in [1.54, 1.807) is 0 Å². The van der Waals surface area contributed by atoms with Crippen molar-refractivity contribution < 1.29 is 0 Å². The molecule has 28 heavy (non-hydrogen) atoms. The quantitative estimate of drug-likeness (QED) is 0.143. The van der Waals surface area contributed by atoms with E-state index in [1.807, 2.05) is 0 Å². The van der Waals surface area contributed by atoms with Gasteiger partial charge in [0.15, 0.2) is 0 Å². The highest BCUT2D eigenvalue weighted by molar-refractivity contribution is 4.94. The summed E-state index contributed by atoms with van der Waals surface area (Å²) in [6.45, 7) is 14.3. The number of hydrogen-bond acceptors (Lipinski definition) is 0. The van der Waals surface area contributed by atoms with Crippen LogP contribution in [-0.4, -0.2) is 0 Å². The summed E-state index contributed by atoms with van der Waals surface area (Å²) in [4.78, 5) is 0. The molecule has 0 amide bonds. The monoisotopic (exact) mass is 392 g/mol. The molecule has 0 N–H and O–H groups in total. The van der Waals surface area contributed by atoms with Crippen molar-refractivity contribution in [1.82, 2.24) is 0 Å². The highest BCUT2D eigenvalue weighted by atomic mass is 14.2. The zero-order valence-corrected chi connectivity index (χ0v) is 20.9. The van der Waals surface area contributed by atoms with E-state index in [9.17, 15) is 0 Å². The minimum absolute atomic E-state index is 0.403. The molecule has 0 aromatic carbocycles. The molecule has 0 aliphatic rings. The molecule has 0 aromatic heterocycles. The van der Waals surface area contributed by atoms with E-state index >= 15 is 0 Å². The Kier molecular flexibility index (Phi) is 17.4. The second kappa shape index (κ2) is 17.6. The van der Waals surface area contributed by atoms with Crippen molar-refractivity contribution in [1.29, 1.82) is 0 Å². The van der Waals surface area contributed by atoms with Crippen LogP contribution in [0.25, 0.3) is 0 Å². The van der Waals surface area contributed by atoms with Crippen LogP contribution in [0.3, 0.4) is 0 Å². The van der Waals surface area contributed by atoms with Crippen molar-refractivity contribution in [2.75, 3.05) is 0 Å². The van der Waals surface area contributed by atoms with Crippen molar-refractivity contribution in [2.45, 2.75) is 157 Å². The minimum Gasteiger partial charge on any atom is -0.0880 e. The van der Waals surface area contributed by atoms with E-state index in [0.717, 1.165) is 0 Å². The van der Waals surface area contributed by atoms with Gasteiger partial charge in [0.25, 0.3) is 0 Å². The van der Waals surface area contributed by atoms with E-state index in [-0.39, 0.29) is 0 Å². The molecule has 0 fully saturated rings. The number of unbranched alkanes of at least 4 members (excludes halogenated alkanes) is 12. The molecule has 0 heterocycles. The predicted octanol–water partition coefficient (Wildman–Crippen LogP) is 10.7. The molecule has 0 nitrogen and oxygen atoms in total. The normalized spacial score (nSPS) is 12.9. The zero-order chi connectivity index (χ0) is 21.1. The van der Waals surface area contributed by atoms with Gasteiger partial charge in [0.2, 0.25) is 0 Å². The molecule has 0 radical (unpaired) electrons. The van der Waals surface area contributed by atoms with E-state index in [2.05, 4.69) is 53.7 Å². The van der Waals surface area contributed by atoms with Crippen molar-refractivity contribution in [3.63, 3.8) is 0 Å². The van der Waals surface area contributed by atoms with Crippen molar-refractivity contribution in [3.05, 3.63) is 12.2 Å². The van der Waals surface area contributed by atoms with Crippen LogP contribution in [0.2, 0.25) is 0 Å². The summed E-state index contributed by atoms with van der Waals surface area (Å²) in [6, 6.07) is 0. The molecule has 0 aromatic rings. The third-order valence-corrected chi connectivity index (χ3v) is 6.43. The Labute approximate surface area is 180 Å². The number of rotatable bonds is 20. The van der Waals surface area contributed by atoms with Crippen LogP contribution in [0.5, 0.6) is 0 Å². The molecule has 0 heteroatoms. The maximum Gasteiger partial charge on any atom is -0.0175 e. The Morgan fingerprint density at radius 1 is 0.500 bits per heavy atom. The average molecular weight is 393 g/mol. The first kappa shape index (κ1) is 27.7. The fraction of sp³-hybridized carbons (Fsp3) is 0.929. The van der Waals surface area contributed by atoms with Crippen LogP contribution in [-0.2, 0) is 0 Å². The molecule has 0 saturated carbocycles. The van der Waals surface area contributed by atoms with Crippen LogP contribution >= 0.6 is 0 Å². The van der Waals surface area contributed by atoms with Crippen LogP contribution in [0.1, 0.15) is 157 Å². The molecule has 0 atom stereocenters. The lowest BCUT2D eigenvalue weighted by Gasteiger charge is -2.24. The SMILES string of the molecule is CCCCCC(C)(C)C=CCCCCCCCCCCC(C)(C)CCCCC. The Bertz CT molecular complexity index is 347. The lowest BCUT2D eigenvalue weighted by molar-refractivity contribution is 0.283. The molecular weight excluding hydrogens is 336 g/mol. The highest BCUT2D eigenvalue weighted by Crippen LogP contribution is 2.30. The van der Waals surface area contributed by atoms with Crippen molar-refractivity contribution >= 4 is 0 Å². The van der Waals surface area contributed by atoms with Gasteiger partial charge in [-0.15, -0.1) is 0 Å². The maximum atomic E-state index is 2.48. The van der Waals surface area contributed by atoms with Crippen LogP contribution < -0.4 is 0 Å². The van der Waals surface area contributed by atoms with Gasteiger partial charge in [-0.25, -0.2) is 0 Å². The summed E-state index contributed by atoms with van der Waals surface area (Å²) in [5.41, 5.74) is 0.979. The highest BCUT2D eigenvalue weighted by Gasteiger charge is 2.16. The van der Waals surface area contributed by atoms with Gasteiger partial charge in [-0.1, -0.05) is 137 Å². The molecule has 0 spiro atoms. The van der Waals surface area contributed by atoms with Crippen molar-refractivity contribution in [2.24, 2.45) is 10.8 Å². The van der Waals surface area contributed by atoms with Crippen LogP contribution in [0.4, 0.5) is 0 Å². The Hall–Kier alpha value is -0.260. The first-order chi connectivity index (χ1) is 13.3. The molecule has 0 aliphatic heterocycles. The first-order valence-electron chi connectivity index (χ1n) is 13.0. The molecule has 0 rings (SSSR count). The van der Waals surface area contributed by atoms with E-state index < -0.39 is 0 Å². The van der Waals surface area contributed by atoms with Crippen LogP contribution in [0, 0.1) is 10.8 Å². The molecule has 0 saturated heterocycles. The topological polar surface area (TPSA) is 0 Å². The Morgan fingerprint density at radius 2 is 0.929 bits per heavy atom. The fourth-order valence-corrected chi connectivity index (χ4v) is 4.22. The molecular formula is C28H56. The second-order valence-corrected chi connectivity index (χ2v) is 10.8. The summed E-state index contributed by atoms with van der Waals surface area (Å²) >= 11 is 0. The van der Waals surface area contributed by atoms with E-state index in [0.29, 0.717) is 10.8 Å². The lowest BCUT2D eigenvalue weighted by Crippen LogP contribution is -2.10. The van der Waals surface area contributed by atoms with Gasteiger partial charge >= 0.3 is 0 Å². The third-order valence-electron chi connectivity index (χ3n) is 6.43. The van der Waals surface area contributed by atoms with Gasteiger partial charge in [0.05, 0.1) is 0 Å². The Morgan fingerprint density at radius 3 is 1.46 bits per heavy atom. The van der Waals surface area contributed by atoms with E-state index in [4.69, 9.17) is 0 Å². The average Bonchev–Trinajstić information content (AvgIpc) is 2.62. The fourth-order valence-electron chi connectivity index (χ4n) is 4.22. The molecule has 168 valence electrons. The van der Waals surface area contributed by atoms with Gasteiger partial charge < -0.3 is 0 Å². The van der Waals surface area contributed by atoms with Gasteiger partial charge in [0.1, 0.15) is 0 Å². The maximum absolute atomic E-state index is 2.48. The predicted molar refractivity (Wildman–Crippen MR) is 131 cm³/mol. The summed E-state index contributed by atoms with van der Waals surface area (Å²) in [5.74, 6) is 0. The summed E-state index contributed by atoms with van der Waals surface area (Å²) in [6.07, 6.45) is 30.2. The van der Waals surface area contributed by atoms with Gasteiger partial charge in [-0.2, -0.15) is 0 Å². The zero-order valence-electron chi connectivity index (χ0n) is 20.9. The summed E-state index contributed by atoms with van der Waals surface area (Å²) in [5, 5.41) is 0. The van der Waals surface area contributed by atoms with E-state index in [1.165, 1.54) is 116 Å².